The van der Waals surface area contributed by atoms with Crippen LogP contribution in [-0.2, 0) is 10.3 Å². The van der Waals surface area contributed by atoms with Crippen molar-refractivity contribution in [2.24, 2.45) is 0 Å². The van der Waals surface area contributed by atoms with Crippen molar-refractivity contribution in [3.05, 3.63) is 99.9 Å². The van der Waals surface area contributed by atoms with Crippen molar-refractivity contribution in [3.63, 3.8) is 0 Å². The Labute approximate surface area is 197 Å². The van der Waals surface area contributed by atoms with Gasteiger partial charge in [-0.1, -0.05) is 18.2 Å². The lowest BCUT2D eigenvalue weighted by atomic mass is 9.91. The van der Waals surface area contributed by atoms with E-state index in [2.05, 4.69) is 15.0 Å². The lowest BCUT2D eigenvalue weighted by molar-refractivity contribution is -0.384. The quantitative estimate of drug-likeness (QED) is 0.204. The molecule has 0 aliphatic carbocycles. The molecule has 1 heterocycles. The summed E-state index contributed by atoms with van der Waals surface area (Å²) in [5, 5.41) is 13.2. The molecule has 1 aromatic heterocycles. The molecule has 14 heteroatoms. The van der Waals surface area contributed by atoms with Crippen LogP contribution in [0.4, 0.5) is 37.7 Å². The van der Waals surface area contributed by atoms with Crippen molar-refractivity contribution in [2.45, 2.75) is 18.0 Å². The Balaban J connectivity index is 2.00. The van der Waals surface area contributed by atoms with E-state index in [0.717, 1.165) is 30.3 Å². The van der Waals surface area contributed by atoms with Crippen LogP contribution in [0.25, 0.3) is 0 Å². The maximum absolute atomic E-state index is 14.0. The molecule has 1 N–H and O–H groups in total. The second kappa shape index (κ2) is 9.64. The van der Waals surface area contributed by atoms with Crippen LogP contribution in [0, 0.1) is 10.1 Å². The van der Waals surface area contributed by atoms with Gasteiger partial charge in [-0.2, -0.15) is 26.3 Å². The molecule has 1 amide bonds. The number of rotatable bonds is 6. The number of ether oxygens (including phenoxy) is 1. The van der Waals surface area contributed by atoms with Crippen LogP contribution < -0.4 is 5.32 Å². The Hall–Kier alpha value is -4.49. The lowest BCUT2D eigenvalue weighted by Crippen LogP contribution is -2.56. The summed E-state index contributed by atoms with van der Waals surface area (Å²) in [7, 11) is 0. The van der Waals surface area contributed by atoms with Crippen LogP contribution in [0.5, 0.6) is 0 Å². The Morgan fingerprint density at radius 1 is 0.861 bits per heavy atom. The van der Waals surface area contributed by atoms with Gasteiger partial charge in [-0.25, -0.2) is 4.79 Å². The Morgan fingerprint density at radius 3 is 1.97 bits per heavy atom. The minimum absolute atomic E-state index is 0.125. The van der Waals surface area contributed by atoms with Gasteiger partial charge in [-0.3, -0.25) is 19.9 Å². The molecule has 0 aliphatic heterocycles. The Morgan fingerprint density at radius 2 is 1.44 bits per heavy atom. The SMILES string of the molecule is O=C(Nc1ccc(C(OC(=O)c2cccc([N+](=O)[O-])c2)(C(F)(F)F)C(F)(F)F)cc1)c1ccncc1. The molecule has 3 rings (SSSR count). The van der Waals surface area contributed by atoms with E-state index in [-0.39, 0.29) is 11.3 Å². The van der Waals surface area contributed by atoms with Gasteiger partial charge in [0.2, 0.25) is 0 Å². The number of carbonyl (C=O) groups excluding carboxylic acids is 2. The van der Waals surface area contributed by atoms with E-state index in [9.17, 15) is 46.0 Å². The van der Waals surface area contributed by atoms with E-state index in [1.165, 1.54) is 24.5 Å². The van der Waals surface area contributed by atoms with Crippen LogP contribution >= 0.6 is 0 Å². The molecule has 0 radical (unpaired) electrons. The van der Waals surface area contributed by atoms with E-state index >= 15 is 0 Å². The first-order valence-electron chi connectivity index (χ1n) is 9.69. The number of pyridine rings is 1. The summed E-state index contributed by atoms with van der Waals surface area (Å²) in [6.07, 6.45) is -9.78. The fourth-order valence-corrected chi connectivity index (χ4v) is 3.10. The van der Waals surface area contributed by atoms with Crippen LogP contribution in [0.2, 0.25) is 0 Å². The van der Waals surface area contributed by atoms with Gasteiger partial charge in [0.05, 0.1) is 10.5 Å². The highest BCUT2D eigenvalue weighted by molar-refractivity contribution is 6.04. The lowest BCUT2D eigenvalue weighted by Gasteiger charge is -2.36. The molecule has 0 spiro atoms. The van der Waals surface area contributed by atoms with Gasteiger partial charge >= 0.3 is 23.9 Å². The molecule has 8 nitrogen and oxygen atoms in total. The number of aromatic nitrogens is 1. The zero-order valence-electron chi connectivity index (χ0n) is 17.6. The first-order valence-corrected chi connectivity index (χ1v) is 9.69. The minimum atomic E-state index is -6.19. The van der Waals surface area contributed by atoms with E-state index in [1.54, 1.807) is 0 Å². The number of nitro benzene ring substituents is 1. The molecule has 0 saturated carbocycles. The first-order chi connectivity index (χ1) is 16.8. The van der Waals surface area contributed by atoms with Crippen molar-refractivity contribution in [3.8, 4) is 0 Å². The van der Waals surface area contributed by atoms with Gasteiger partial charge in [0.1, 0.15) is 0 Å². The predicted octanol–water partition coefficient (Wildman–Crippen LogP) is 5.42. The second-order valence-corrected chi connectivity index (χ2v) is 7.14. The normalized spacial score (nSPS) is 12.1. The monoisotopic (exact) mass is 513 g/mol. The highest BCUT2D eigenvalue weighted by atomic mass is 19.4. The van der Waals surface area contributed by atoms with Crippen molar-refractivity contribution in [1.82, 2.24) is 4.98 Å². The van der Waals surface area contributed by atoms with Crippen molar-refractivity contribution >= 4 is 23.3 Å². The number of nitrogens with zero attached hydrogens (tertiary/aromatic N) is 2. The largest absolute Gasteiger partial charge is 0.442 e. The highest BCUT2D eigenvalue weighted by Crippen LogP contribution is 2.53. The molecule has 0 bridgehead atoms. The second-order valence-electron chi connectivity index (χ2n) is 7.14. The van der Waals surface area contributed by atoms with E-state index in [0.29, 0.717) is 18.2 Å². The average molecular weight is 513 g/mol. The summed E-state index contributed by atoms with van der Waals surface area (Å²) in [5.74, 6) is -2.80. The zero-order valence-corrected chi connectivity index (χ0v) is 17.6. The third kappa shape index (κ3) is 5.11. The number of nitrogens with one attached hydrogen (secondary N) is 1. The number of alkyl halides is 6. The topological polar surface area (TPSA) is 111 Å². The van der Waals surface area contributed by atoms with Crippen molar-refractivity contribution in [2.75, 3.05) is 5.32 Å². The maximum atomic E-state index is 14.0. The Bertz CT molecular complexity index is 1260. The summed E-state index contributed by atoms with van der Waals surface area (Å²) in [4.78, 5) is 38.1. The number of anilines is 1. The number of hydrogen-bond acceptors (Lipinski definition) is 6. The van der Waals surface area contributed by atoms with Crippen LogP contribution in [-0.4, -0.2) is 34.1 Å². The smallest absolute Gasteiger partial charge is 0.431 e. The average Bonchev–Trinajstić information content (AvgIpc) is 2.82. The van der Waals surface area contributed by atoms with Crippen LogP contribution in [0.15, 0.2) is 73.1 Å². The number of benzene rings is 2. The third-order valence-corrected chi connectivity index (χ3v) is 4.83. The number of hydrogen-bond donors (Lipinski definition) is 1. The Kier molecular flexibility index (Phi) is 6.99. The van der Waals surface area contributed by atoms with Gasteiger partial charge in [0, 0.05) is 41.3 Å². The number of carbonyl (C=O) groups is 2. The number of amides is 1. The molecule has 36 heavy (non-hydrogen) atoms. The predicted molar refractivity (Wildman–Crippen MR) is 111 cm³/mol. The van der Waals surface area contributed by atoms with Crippen molar-refractivity contribution in [1.29, 1.82) is 0 Å². The molecule has 188 valence electrons. The van der Waals surface area contributed by atoms with Gasteiger partial charge in [-0.05, 0) is 30.3 Å². The van der Waals surface area contributed by atoms with Gasteiger partial charge in [0.25, 0.3) is 11.6 Å². The van der Waals surface area contributed by atoms with Gasteiger partial charge in [0.15, 0.2) is 0 Å². The summed E-state index contributed by atoms with van der Waals surface area (Å²) < 4.78 is 88.0. The molecule has 0 unspecified atom stereocenters. The summed E-state index contributed by atoms with van der Waals surface area (Å²) >= 11 is 0. The van der Waals surface area contributed by atoms with Crippen molar-refractivity contribution < 1.29 is 45.6 Å². The molecular weight excluding hydrogens is 500 g/mol. The summed E-state index contributed by atoms with van der Waals surface area (Å²) in [5.41, 5.74) is -8.30. The highest BCUT2D eigenvalue weighted by Gasteiger charge is 2.75. The first kappa shape index (κ1) is 26.1. The number of non-ortho nitro benzene ring substituents is 1. The van der Waals surface area contributed by atoms with Crippen LogP contribution in [0.1, 0.15) is 26.3 Å². The van der Waals surface area contributed by atoms with Gasteiger partial charge in [-0.15, -0.1) is 0 Å². The fraction of sp³-hybridized carbons (Fsp3) is 0.136. The maximum Gasteiger partial charge on any atom is 0.442 e. The van der Waals surface area contributed by atoms with E-state index in [1.807, 2.05) is 0 Å². The van der Waals surface area contributed by atoms with Crippen LogP contribution in [0.3, 0.4) is 0 Å². The van der Waals surface area contributed by atoms with E-state index in [4.69, 9.17) is 0 Å². The molecular formula is C22H13F6N3O5. The number of nitro groups is 1. The standard InChI is InChI=1S/C22H13F6N3O5/c23-21(24,25)20(22(26,27)28,36-19(33)14-2-1-3-17(12-14)31(34)35)15-4-6-16(7-5-15)30-18(32)13-8-10-29-11-9-13/h1-12H,(H,30,32). The molecule has 0 fully saturated rings. The fourth-order valence-electron chi connectivity index (χ4n) is 3.10. The molecule has 0 atom stereocenters. The summed E-state index contributed by atoms with van der Waals surface area (Å²) in [6, 6.07) is 8.01. The molecule has 3 aromatic rings. The zero-order chi connectivity index (χ0) is 26.7. The summed E-state index contributed by atoms with van der Waals surface area (Å²) in [6.45, 7) is 0. The van der Waals surface area contributed by atoms with E-state index < -0.39 is 51.6 Å². The molecule has 0 saturated heterocycles. The molecule has 0 aliphatic rings. The minimum Gasteiger partial charge on any atom is -0.431 e. The van der Waals surface area contributed by atoms with Gasteiger partial charge < -0.3 is 10.1 Å². The number of halogens is 6. The third-order valence-electron chi connectivity index (χ3n) is 4.83. The molecule has 2 aromatic carbocycles. The number of esters is 1.